The van der Waals surface area contributed by atoms with Gasteiger partial charge in [0.2, 0.25) is 0 Å². The van der Waals surface area contributed by atoms with Crippen LogP contribution in [0.5, 0.6) is 5.75 Å². The average molecular weight is 462 g/mol. The van der Waals surface area contributed by atoms with Gasteiger partial charge in [-0.15, -0.1) is 0 Å². The molecule has 3 rings (SSSR count). The number of amides is 1. The number of hydrogen-bond acceptors (Lipinski definition) is 5. The Morgan fingerprint density at radius 3 is 2.41 bits per heavy atom. The third-order valence-corrected chi connectivity index (χ3v) is 5.55. The van der Waals surface area contributed by atoms with Gasteiger partial charge >= 0.3 is 5.97 Å². The maximum atomic E-state index is 12.5. The fraction of sp³-hybridized carbons (Fsp3) is 0.296. The predicted molar refractivity (Wildman–Crippen MR) is 133 cm³/mol. The van der Waals surface area contributed by atoms with Crippen LogP contribution in [0.15, 0.2) is 48.5 Å². The number of aryl methyl sites for hydroxylation is 3. The average Bonchev–Trinajstić information content (AvgIpc) is 3.06. The largest absolute Gasteiger partial charge is 0.495 e. The first-order valence-corrected chi connectivity index (χ1v) is 11.1. The van der Waals surface area contributed by atoms with E-state index in [1.807, 2.05) is 31.5 Å². The standard InChI is InChI=1S/C27H31N3O4/c1-17-7-10-22(11-8-17)16-30-20(4)23(19(3)29-30)12-14-26(31)34-21(5)27(32)28-24-15-18(2)9-13-25(24)33-6/h7-15,21H,16H2,1-6H3,(H,28,32)/b14-12+. The maximum absolute atomic E-state index is 12.5. The Kier molecular flexibility index (Phi) is 7.89. The van der Waals surface area contributed by atoms with E-state index in [9.17, 15) is 9.59 Å². The number of hydrogen-bond donors (Lipinski definition) is 1. The third kappa shape index (κ3) is 6.13. The van der Waals surface area contributed by atoms with Crippen molar-refractivity contribution in [2.75, 3.05) is 12.4 Å². The van der Waals surface area contributed by atoms with E-state index in [0.717, 1.165) is 28.1 Å². The fourth-order valence-corrected chi connectivity index (χ4v) is 3.54. The lowest BCUT2D eigenvalue weighted by Gasteiger charge is -2.15. The maximum Gasteiger partial charge on any atom is 0.331 e. The number of benzene rings is 2. The molecule has 3 aromatic rings. The lowest BCUT2D eigenvalue weighted by atomic mass is 10.1. The molecule has 0 aliphatic carbocycles. The first kappa shape index (κ1) is 24.8. The van der Waals surface area contributed by atoms with Gasteiger partial charge in [-0.05, 0) is 64.0 Å². The van der Waals surface area contributed by atoms with Crippen LogP contribution in [0.4, 0.5) is 5.69 Å². The second-order valence-corrected chi connectivity index (χ2v) is 8.33. The summed E-state index contributed by atoms with van der Waals surface area (Å²) in [6.07, 6.45) is 2.03. The summed E-state index contributed by atoms with van der Waals surface area (Å²) in [6.45, 7) is 10.00. The first-order chi connectivity index (χ1) is 16.2. The highest BCUT2D eigenvalue weighted by Gasteiger charge is 2.19. The van der Waals surface area contributed by atoms with E-state index in [4.69, 9.17) is 9.47 Å². The van der Waals surface area contributed by atoms with Gasteiger partial charge in [-0.25, -0.2) is 4.79 Å². The lowest BCUT2D eigenvalue weighted by molar-refractivity contribution is -0.148. The zero-order valence-electron chi connectivity index (χ0n) is 20.5. The molecular weight excluding hydrogens is 430 g/mol. The molecule has 0 saturated heterocycles. The highest BCUT2D eigenvalue weighted by molar-refractivity contribution is 5.97. The summed E-state index contributed by atoms with van der Waals surface area (Å²) in [5.41, 5.74) is 6.46. The van der Waals surface area contributed by atoms with Gasteiger partial charge in [-0.3, -0.25) is 9.48 Å². The summed E-state index contributed by atoms with van der Waals surface area (Å²) in [7, 11) is 1.53. The Bertz CT molecular complexity index is 1210. The highest BCUT2D eigenvalue weighted by atomic mass is 16.5. The van der Waals surface area contributed by atoms with E-state index < -0.39 is 18.0 Å². The van der Waals surface area contributed by atoms with Crippen molar-refractivity contribution in [3.63, 3.8) is 0 Å². The SMILES string of the molecule is COc1ccc(C)cc1NC(=O)C(C)OC(=O)/C=C/c1c(C)nn(Cc2ccc(C)cc2)c1C. The molecule has 0 spiro atoms. The van der Waals surface area contributed by atoms with Gasteiger partial charge < -0.3 is 14.8 Å². The number of esters is 1. The van der Waals surface area contributed by atoms with Crippen LogP contribution in [0, 0.1) is 27.7 Å². The third-order valence-electron chi connectivity index (χ3n) is 5.55. The number of ether oxygens (including phenoxy) is 2. The Labute approximate surface area is 200 Å². The summed E-state index contributed by atoms with van der Waals surface area (Å²) in [5.74, 6) is -0.515. The van der Waals surface area contributed by atoms with Crippen LogP contribution in [-0.4, -0.2) is 34.9 Å². The Morgan fingerprint density at radius 1 is 1.06 bits per heavy atom. The summed E-state index contributed by atoms with van der Waals surface area (Å²) in [4.78, 5) is 24.9. The van der Waals surface area contributed by atoms with Crippen molar-refractivity contribution in [2.24, 2.45) is 0 Å². The number of aromatic nitrogens is 2. The van der Waals surface area contributed by atoms with Crippen molar-refractivity contribution in [3.05, 3.63) is 82.2 Å². The van der Waals surface area contributed by atoms with Crippen molar-refractivity contribution in [3.8, 4) is 5.75 Å². The molecule has 1 amide bonds. The van der Waals surface area contributed by atoms with E-state index in [0.29, 0.717) is 18.0 Å². The van der Waals surface area contributed by atoms with E-state index >= 15 is 0 Å². The van der Waals surface area contributed by atoms with E-state index in [2.05, 4.69) is 41.6 Å². The molecule has 1 heterocycles. The molecule has 1 atom stereocenters. The van der Waals surface area contributed by atoms with Gasteiger partial charge in [0.15, 0.2) is 6.10 Å². The molecule has 0 saturated carbocycles. The van der Waals surface area contributed by atoms with Crippen LogP contribution >= 0.6 is 0 Å². The molecule has 0 radical (unpaired) electrons. The molecule has 178 valence electrons. The molecule has 1 unspecified atom stereocenters. The van der Waals surface area contributed by atoms with Gasteiger partial charge in [0.1, 0.15) is 5.75 Å². The summed E-state index contributed by atoms with van der Waals surface area (Å²) >= 11 is 0. The van der Waals surface area contributed by atoms with Crippen LogP contribution in [0.2, 0.25) is 0 Å². The second-order valence-electron chi connectivity index (χ2n) is 8.33. The topological polar surface area (TPSA) is 82.4 Å². The minimum absolute atomic E-state index is 0.441. The molecule has 0 aliphatic heterocycles. The fourth-order valence-electron chi connectivity index (χ4n) is 3.54. The minimum Gasteiger partial charge on any atom is -0.495 e. The lowest BCUT2D eigenvalue weighted by Crippen LogP contribution is -2.29. The Hall–Kier alpha value is -3.87. The van der Waals surface area contributed by atoms with Crippen molar-refractivity contribution in [1.29, 1.82) is 0 Å². The van der Waals surface area contributed by atoms with Gasteiger partial charge in [0.05, 0.1) is 25.0 Å². The number of rotatable bonds is 8. The molecule has 1 N–H and O–H groups in total. The van der Waals surface area contributed by atoms with Gasteiger partial charge in [-0.1, -0.05) is 35.9 Å². The van der Waals surface area contributed by atoms with Crippen molar-refractivity contribution >= 4 is 23.6 Å². The molecule has 7 heteroatoms. The van der Waals surface area contributed by atoms with Crippen LogP contribution in [0.25, 0.3) is 6.08 Å². The summed E-state index contributed by atoms with van der Waals surface area (Å²) in [5, 5.41) is 7.35. The molecule has 0 bridgehead atoms. The van der Waals surface area contributed by atoms with Crippen LogP contribution < -0.4 is 10.1 Å². The second kappa shape index (κ2) is 10.8. The van der Waals surface area contributed by atoms with Crippen molar-refractivity contribution in [2.45, 2.75) is 47.3 Å². The Balaban J connectivity index is 1.63. The molecule has 34 heavy (non-hydrogen) atoms. The number of carbonyl (C=O) groups excluding carboxylic acids is 2. The minimum atomic E-state index is -0.978. The number of nitrogens with one attached hydrogen (secondary N) is 1. The van der Waals surface area contributed by atoms with Gasteiger partial charge in [0, 0.05) is 17.3 Å². The van der Waals surface area contributed by atoms with Gasteiger partial charge in [0.25, 0.3) is 5.91 Å². The highest BCUT2D eigenvalue weighted by Crippen LogP contribution is 2.25. The summed E-state index contributed by atoms with van der Waals surface area (Å²) in [6, 6.07) is 13.8. The Morgan fingerprint density at radius 2 is 1.74 bits per heavy atom. The number of anilines is 1. The molecule has 0 fully saturated rings. The number of methoxy groups -OCH3 is 1. The van der Waals surface area contributed by atoms with Crippen LogP contribution in [0.1, 0.15) is 40.6 Å². The smallest absolute Gasteiger partial charge is 0.331 e. The van der Waals surface area contributed by atoms with Crippen molar-refractivity contribution < 1.29 is 19.1 Å². The molecule has 0 aliphatic rings. The quantitative estimate of drug-likeness (QED) is 0.386. The molecule has 2 aromatic carbocycles. The monoisotopic (exact) mass is 461 g/mol. The molecule has 1 aromatic heterocycles. The van der Waals surface area contributed by atoms with Crippen molar-refractivity contribution in [1.82, 2.24) is 9.78 Å². The normalized spacial score (nSPS) is 11.9. The van der Waals surface area contributed by atoms with E-state index in [1.54, 1.807) is 18.2 Å². The van der Waals surface area contributed by atoms with Crippen LogP contribution in [-0.2, 0) is 20.9 Å². The zero-order chi connectivity index (χ0) is 24.8. The number of carbonyl (C=O) groups is 2. The summed E-state index contributed by atoms with van der Waals surface area (Å²) < 4.78 is 12.5. The predicted octanol–water partition coefficient (Wildman–Crippen LogP) is 4.76. The molecule has 7 nitrogen and oxygen atoms in total. The number of nitrogens with zero attached hydrogens (tertiary/aromatic N) is 2. The first-order valence-electron chi connectivity index (χ1n) is 11.1. The zero-order valence-corrected chi connectivity index (χ0v) is 20.5. The van der Waals surface area contributed by atoms with Crippen LogP contribution in [0.3, 0.4) is 0 Å². The van der Waals surface area contributed by atoms with Gasteiger partial charge in [-0.2, -0.15) is 5.10 Å². The van der Waals surface area contributed by atoms with E-state index in [-0.39, 0.29) is 0 Å². The van der Waals surface area contributed by atoms with E-state index in [1.165, 1.54) is 25.7 Å². The molecular formula is C27H31N3O4.